The van der Waals surface area contributed by atoms with Gasteiger partial charge in [0.1, 0.15) is 0 Å². The number of rotatable bonds is 2. The van der Waals surface area contributed by atoms with Crippen molar-refractivity contribution in [3.8, 4) is 4.97 Å². The Morgan fingerprint density at radius 3 is 2.67 bits per heavy atom. The van der Waals surface area contributed by atoms with Crippen LogP contribution in [0.1, 0.15) is 0 Å². The van der Waals surface area contributed by atoms with Crippen molar-refractivity contribution in [1.82, 2.24) is 5.73 Å². The molecule has 0 bridgehead atoms. The fraction of sp³-hybridized carbons (Fsp3) is 0.667. The van der Waals surface area contributed by atoms with E-state index in [1.54, 1.807) is 0 Å². The van der Waals surface area contributed by atoms with Gasteiger partial charge in [-0.15, -0.1) is 0 Å². The van der Waals surface area contributed by atoms with Gasteiger partial charge in [0.05, 0.1) is 0 Å². The number of nitriles is 1. The Morgan fingerprint density at radius 1 is 1.83 bits per heavy atom. The van der Waals surface area contributed by atoms with Crippen LogP contribution < -0.4 is 5.73 Å². The molecule has 0 aliphatic heterocycles. The predicted octanol–water partition coefficient (Wildman–Crippen LogP) is -0.127. The first kappa shape index (κ1) is 5.97. The van der Waals surface area contributed by atoms with Gasteiger partial charge in [-0.1, -0.05) is 0 Å². The van der Waals surface area contributed by atoms with E-state index in [4.69, 9.17) is 11.0 Å². The van der Waals surface area contributed by atoms with E-state index in [-0.39, 0.29) is 15.0 Å². The summed E-state index contributed by atoms with van der Waals surface area (Å²) in [5.41, 5.74) is 6.57. The molecule has 0 fully saturated rings. The number of nitrogens with one attached hydrogen (secondary N) is 1. The standard InChI is InChI=1S/C3H5N2Se/c4-1-2-6-3-5/h4H,1-2H2. The van der Waals surface area contributed by atoms with Crippen LogP contribution in [0.4, 0.5) is 0 Å². The van der Waals surface area contributed by atoms with Crippen LogP contribution in [0.15, 0.2) is 0 Å². The molecule has 6 heavy (non-hydrogen) atoms. The quantitative estimate of drug-likeness (QED) is 0.397. The van der Waals surface area contributed by atoms with Gasteiger partial charge in [-0.05, 0) is 0 Å². The Morgan fingerprint density at radius 2 is 2.50 bits per heavy atom. The topological polar surface area (TPSA) is 47.6 Å². The second-order valence-electron chi connectivity index (χ2n) is 0.690. The van der Waals surface area contributed by atoms with E-state index in [1.165, 1.54) is 0 Å². The van der Waals surface area contributed by atoms with E-state index in [9.17, 15) is 0 Å². The van der Waals surface area contributed by atoms with Crippen LogP contribution in [0.5, 0.6) is 0 Å². The summed E-state index contributed by atoms with van der Waals surface area (Å²) in [5, 5.41) is 8.67. The summed E-state index contributed by atoms with van der Waals surface area (Å²) >= 11 is 0.0851. The summed E-state index contributed by atoms with van der Waals surface area (Å²) in [6, 6.07) is 0. The third-order valence-corrected chi connectivity index (χ3v) is 1.40. The molecule has 0 saturated carbocycles. The summed E-state index contributed by atoms with van der Waals surface area (Å²) in [5.74, 6) is 0. The van der Waals surface area contributed by atoms with E-state index in [0.717, 1.165) is 5.32 Å². The Labute approximate surface area is 43.5 Å². The number of hydrogen-bond donors (Lipinski definition) is 0. The van der Waals surface area contributed by atoms with Crippen LogP contribution in [0.3, 0.4) is 0 Å². The summed E-state index contributed by atoms with van der Waals surface area (Å²) in [6.45, 7) is 0.410. The molecule has 0 rings (SSSR count). The molecule has 0 heterocycles. The van der Waals surface area contributed by atoms with Crippen LogP contribution in [0.2, 0.25) is 5.32 Å². The van der Waals surface area contributed by atoms with E-state index in [0.29, 0.717) is 6.54 Å². The first-order valence-corrected chi connectivity index (χ1v) is 3.64. The van der Waals surface area contributed by atoms with Gasteiger partial charge < -0.3 is 0 Å². The fourth-order valence-corrected chi connectivity index (χ4v) is 0.502. The van der Waals surface area contributed by atoms with Crippen LogP contribution >= 0.6 is 0 Å². The predicted molar refractivity (Wildman–Crippen MR) is 24.1 cm³/mol. The van der Waals surface area contributed by atoms with Crippen molar-refractivity contribution in [2.45, 2.75) is 5.32 Å². The Kier molecular flexibility index (Phi) is 4.94. The molecule has 0 unspecified atom stereocenters. The van der Waals surface area contributed by atoms with E-state index < -0.39 is 0 Å². The number of nitrogens with zero attached hydrogens (tertiary/aromatic N) is 1. The van der Waals surface area contributed by atoms with Crippen LogP contribution in [0, 0.1) is 10.2 Å². The fourth-order valence-electron chi connectivity index (χ4n) is 0.0967. The van der Waals surface area contributed by atoms with Gasteiger partial charge >= 0.3 is 42.8 Å². The third kappa shape index (κ3) is 3.97. The van der Waals surface area contributed by atoms with E-state index in [1.807, 2.05) is 4.97 Å². The third-order valence-electron chi connectivity index (χ3n) is 0.269. The van der Waals surface area contributed by atoms with Crippen molar-refractivity contribution in [3.05, 3.63) is 0 Å². The molecule has 0 aliphatic carbocycles. The van der Waals surface area contributed by atoms with E-state index in [2.05, 4.69) is 0 Å². The molecule has 1 radical (unpaired) electrons. The van der Waals surface area contributed by atoms with E-state index >= 15 is 0 Å². The average Bonchev–Trinajstić information content (AvgIpc) is 1.61. The summed E-state index contributed by atoms with van der Waals surface area (Å²) in [6.07, 6.45) is 0. The van der Waals surface area contributed by atoms with Crippen molar-refractivity contribution in [3.63, 3.8) is 0 Å². The molecule has 0 saturated heterocycles. The minimum atomic E-state index is 0.0851. The van der Waals surface area contributed by atoms with Gasteiger partial charge in [0, 0.05) is 0 Å². The molecule has 0 aromatic carbocycles. The van der Waals surface area contributed by atoms with Crippen molar-refractivity contribution in [2.24, 2.45) is 0 Å². The van der Waals surface area contributed by atoms with Crippen molar-refractivity contribution in [1.29, 1.82) is 5.26 Å². The zero-order valence-electron chi connectivity index (χ0n) is 3.27. The second-order valence-corrected chi connectivity index (χ2v) is 2.54. The van der Waals surface area contributed by atoms with Gasteiger partial charge in [0.15, 0.2) is 0 Å². The molecule has 3 heteroatoms. The first-order chi connectivity index (χ1) is 2.91. The maximum absolute atomic E-state index is 7.89. The monoisotopic (exact) mass is 149 g/mol. The maximum atomic E-state index is 7.89. The van der Waals surface area contributed by atoms with Gasteiger partial charge in [-0.25, -0.2) is 0 Å². The van der Waals surface area contributed by atoms with Gasteiger partial charge in [0.2, 0.25) is 0 Å². The molecule has 2 nitrogen and oxygen atoms in total. The molecule has 0 aliphatic rings. The summed E-state index contributed by atoms with van der Waals surface area (Å²) in [4.78, 5) is 2.01. The molecule has 0 amide bonds. The molecule has 0 spiro atoms. The van der Waals surface area contributed by atoms with Crippen LogP contribution in [-0.4, -0.2) is 21.5 Å². The Balaban J connectivity index is 2.54. The van der Waals surface area contributed by atoms with Crippen LogP contribution in [-0.2, 0) is 0 Å². The first-order valence-electron chi connectivity index (χ1n) is 1.57. The normalized spacial score (nSPS) is 7.33. The van der Waals surface area contributed by atoms with Gasteiger partial charge in [-0.2, -0.15) is 0 Å². The molecule has 33 valence electrons. The molecule has 1 N–H and O–H groups in total. The zero-order chi connectivity index (χ0) is 4.83. The number of hydrogen-bond acceptors (Lipinski definition) is 1. The molecular weight excluding hydrogens is 143 g/mol. The molecular formula is C3H5N2Se. The molecule has 0 atom stereocenters. The van der Waals surface area contributed by atoms with Crippen molar-refractivity contribution >= 4 is 15.0 Å². The van der Waals surface area contributed by atoms with Gasteiger partial charge in [-0.3, -0.25) is 0 Å². The van der Waals surface area contributed by atoms with Crippen molar-refractivity contribution in [2.75, 3.05) is 6.54 Å². The average molecular weight is 148 g/mol. The van der Waals surface area contributed by atoms with Gasteiger partial charge in [0.25, 0.3) is 0 Å². The van der Waals surface area contributed by atoms with Crippen molar-refractivity contribution < 1.29 is 0 Å². The summed E-state index contributed by atoms with van der Waals surface area (Å²) in [7, 11) is 0. The Bertz CT molecular complexity index is 56.3. The zero-order valence-corrected chi connectivity index (χ0v) is 4.98. The SMILES string of the molecule is N#C[Se]CC[NH]. The second kappa shape index (κ2) is 4.97. The summed E-state index contributed by atoms with van der Waals surface area (Å²) < 4.78 is 0. The van der Waals surface area contributed by atoms with Crippen LogP contribution in [0.25, 0.3) is 0 Å². The molecule has 0 aromatic rings. The Hall–Kier alpha value is -0.0305. The minimum absolute atomic E-state index is 0.0851. The molecule has 0 aromatic heterocycles.